The third-order valence-electron chi connectivity index (χ3n) is 3.85. The lowest BCUT2D eigenvalue weighted by Gasteiger charge is -2.19. The summed E-state index contributed by atoms with van der Waals surface area (Å²) >= 11 is 1.81. The Kier molecular flexibility index (Phi) is 4.19. The molecule has 0 aliphatic rings. The van der Waals surface area contributed by atoms with Crippen LogP contribution in [-0.4, -0.2) is 20.4 Å². The van der Waals surface area contributed by atoms with Crippen LogP contribution in [0.15, 0.2) is 41.4 Å². The summed E-state index contributed by atoms with van der Waals surface area (Å²) in [6, 6.07) is 12.6. The zero-order valence-electron chi connectivity index (χ0n) is 14.4. The predicted molar refractivity (Wildman–Crippen MR) is 98.3 cm³/mol. The molecular weight excluding hydrogens is 302 g/mol. The maximum Gasteiger partial charge on any atom is 0.164 e. The lowest BCUT2D eigenvalue weighted by Crippen LogP contribution is -2.15. The van der Waals surface area contributed by atoms with Crippen molar-refractivity contribution in [3.63, 3.8) is 0 Å². The third kappa shape index (κ3) is 3.00. The van der Waals surface area contributed by atoms with Crippen molar-refractivity contribution in [2.45, 2.75) is 45.1 Å². The number of hydrogen-bond acceptors (Lipinski definition) is 3. The van der Waals surface area contributed by atoms with Crippen LogP contribution in [0.3, 0.4) is 0 Å². The second-order valence-corrected chi connectivity index (χ2v) is 8.01. The molecule has 0 aliphatic heterocycles. The largest absolute Gasteiger partial charge is 0.232 e. The zero-order chi connectivity index (χ0) is 16.6. The first kappa shape index (κ1) is 16.1. The molecule has 4 heteroatoms. The average Bonchev–Trinajstić information content (AvgIpc) is 2.84. The SMILES string of the molecule is CCSc1cc(C(C)(C)C)nc2c(-c3ccccc3)c(C)nn12. The molecule has 0 atom stereocenters. The summed E-state index contributed by atoms with van der Waals surface area (Å²) in [4.78, 5) is 4.97. The minimum atomic E-state index is 0.0108. The molecule has 0 N–H and O–H groups in total. The minimum Gasteiger partial charge on any atom is -0.232 e. The Morgan fingerprint density at radius 3 is 2.43 bits per heavy atom. The Hall–Kier alpha value is -1.81. The molecule has 0 unspecified atom stereocenters. The van der Waals surface area contributed by atoms with Crippen LogP contribution in [0.2, 0.25) is 0 Å². The van der Waals surface area contributed by atoms with Crippen molar-refractivity contribution in [1.82, 2.24) is 14.6 Å². The normalized spacial score (nSPS) is 12.0. The zero-order valence-corrected chi connectivity index (χ0v) is 15.2. The van der Waals surface area contributed by atoms with Crippen LogP contribution in [0.5, 0.6) is 0 Å². The lowest BCUT2D eigenvalue weighted by molar-refractivity contribution is 0.563. The van der Waals surface area contributed by atoms with Crippen molar-refractivity contribution in [3.8, 4) is 11.1 Å². The summed E-state index contributed by atoms with van der Waals surface area (Å²) in [6.45, 7) is 10.9. The fourth-order valence-electron chi connectivity index (χ4n) is 2.67. The van der Waals surface area contributed by atoms with Crippen LogP contribution in [0.4, 0.5) is 0 Å². The van der Waals surface area contributed by atoms with Crippen LogP contribution in [0, 0.1) is 6.92 Å². The van der Waals surface area contributed by atoms with E-state index in [1.807, 2.05) is 22.3 Å². The van der Waals surface area contributed by atoms with Gasteiger partial charge in [-0.2, -0.15) is 5.10 Å². The van der Waals surface area contributed by atoms with E-state index in [0.29, 0.717) is 0 Å². The molecule has 3 rings (SSSR count). The minimum absolute atomic E-state index is 0.0108. The van der Waals surface area contributed by atoms with Crippen molar-refractivity contribution >= 4 is 17.4 Å². The van der Waals surface area contributed by atoms with Crippen LogP contribution < -0.4 is 0 Å². The van der Waals surface area contributed by atoms with Gasteiger partial charge in [-0.25, -0.2) is 9.50 Å². The smallest absolute Gasteiger partial charge is 0.164 e. The molecule has 0 bridgehead atoms. The van der Waals surface area contributed by atoms with Gasteiger partial charge in [-0.15, -0.1) is 11.8 Å². The van der Waals surface area contributed by atoms with Gasteiger partial charge >= 0.3 is 0 Å². The monoisotopic (exact) mass is 325 g/mol. The highest BCUT2D eigenvalue weighted by molar-refractivity contribution is 7.99. The molecule has 0 amide bonds. The lowest BCUT2D eigenvalue weighted by atomic mass is 9.92. The number of aromatic nitrogens is 3. The Morgan fingerprint density at radius 2 is 1.83 bits per heavy atom. The van der Waals surface area contributed by atoms with Gasteiger partial charge in [0, 0.05) is 11.0 Å². The van der Waals surface area contributed by atoms with E-state index in [0.717, 1.165) is 33.4 Å². The predicted octanol–water partition coefficient (Wildman–Crippen LogP) is 5.11. The maximum atomic E-state index is 4.97. The second kappa shape index (κ2) is 6.00. The van der Waals surface area contributed by atoms with Crippen molar-refractivity contribution in [2.24, 2.45) is 0 Å². The number of fused-ring (bicyclic) bond motifs is 1. The summed E-state index contributed by atoms with van der Waals surface area (Å²) in [7, 11) is 0. The molecule has 3 nitrogen and oxygen atoms in total. The number of aryl methyl sites for hydroxylation is 1. The number of rotatable bonds is 3. The van der Waals surface area contributed by atoms with Gasteiger partial charge in [0.05, 0.1) is 11.4 Å². The summed E-state index contributed by atoms with van der Waals surface area (Å²) in [5, 5.41) is 5.92. The van der Waals surface area contributed by atoms with Gasteiger partial charge in [-0.05, 0) is 24.3 Å². The van der Waals surface area contributed by atoms with Gasteiger partial charge in [0.2, 0.25) is 0 Å². The third-order valence-corrected chi connectivity index (χ3v) is 4.73. The van der Waals surface area contributed by atoms with E-state index in [-0.39, 0.29) is 5.41 Å². The van der Waals surface area contributed by atoms with E-state index < -0.39 is 0 Å². The maximum absolute atomic E-state index is 4.97. The van der Waals surface area contributed by atoms with E-state index >= 15 is 0 Å². The topological polar surface area (TPSA) is 30.2 Å². The molecular formula is C19H23N3S. The number of hydrogen-bond donors (Lipinski definition) is 0. The highest BCUT2D eigenvalue weighted by atomic mass is 32.2. The van der Waals surface area contributed by atoms with Gasteiger partial charge in [-0.3, -0.25) is 0 Å². The molecule has 2 heterocycles. The standard InChI is InChI=1S/C19H23N3S/c1-6-23-16-12-15(19(3,4)5)20-18-17(13(2)21-22(16)18)14-10-8-7-9-11-14/h7-12H,6H2,1-5H3. The quantitative estimate of drug-likeness (QED) is 0.495. The van der Waals surface area contributed by atoms with Crippen molar-refractivity contribution < 1.29 is 0 Å². The van der Waals surface area contributed by atoms with Crippen LogP contribution >= 0.6 is 11.8 Å². The Balaban J connectivity index is 2.34. The van der Waals surface area contributed by atoms with E-state index in [1.54, 1.807) is 0 Å². The molecule has 23 heavy (non-hydrogen) atoms. The molecule has 0 saturated heterocycles. The Bertz CT molecular complexity index is 829. The highest BCUT2D eigenvalue weighted by Crippen LogP contribution is 2.32. The first-order chi connectivity index (χ1) is 10.9. The number of nitrogens with zero attached hydrogens (tertiary/aromatic N) is 3. The molecule has 0 saturated carbocycles. The van der Waals surface area contributed by atoms with Crippen molar-refractivity contribution in [3.05, 3.63) is 47.8 Å². The molecule has 0 spiro atoms. The molecule has 0 fully saturated rings. The molecule has 2 aromatic heterocycles. The van der Waals surface area contributed by atoms with Gasteiger partial charge < -0.3 is 0 Å². The fraction of sp³-hybridized carbons (Fsp3) is 0.368. The average molecular weight is 325 g/mol. The van der Waals surface area contributed by atoms with Gasteiger partial charge in [0.15, 0.2) is 5.65 Å². The Morgan fingerprint density at radius 1 is 1.13 bits per heavy atom. The van der Waals surface area contributed by atoms with Crippen molar-refractivity contribution in [2.75, 3.05) is 5.75 Å². The summed E-state index contributed by atoms with van der Waals surface area (Å²) in [6.07, 6.45) is 0. The van der Waals surface area contributed by atoms with E-state index in [2.05, 4.69) is 65.0 Å². The summed E-state index contributed by atoms with van der Waals surface area (Å²) < 4.78 is 2.00. The number of benzene rings is 1. The first-order valence-corrected chi connectivity index (χ1v) is 8.99. The summed E-state index contributed by atoms with van der Waals surface area (Å²) in [5.41, 5.74) is 5.40. The van der Waals surface area contributed by atoms with Crippen LogP contribution in [0.25, 0.3) is 16.8 Å². The van der Waals surface area contributed by atoms with Crippen LogP contribution in [0.1, 0.15) is 39.1 Å². The van der Waals surface area contributed by atoms with E-state index in [9.17, 15) is 0 Å². The van der Waals surface area contributed by atoms with E-state index in [4.69, 9.17) is 10.1 Å². The second-order valence-electron chi connectivity index (χ2n) is 6.72. The molecule has 1 aromatic carbocycles. The molecule has 0 radical (unpaired) electrons. The fourth-order valence-corrected chi connectivity index (χ4v) is 3.41. The van der Waals surface area contributed by atoms with Crippen LogP contribution in [-0.2, 0) is 5.41 Å². The molecule has 0 aliphatic carbocycles. The number of thioether (sulfide) groups is 1. The summed E-state index contributed by atoms with van der Waals surface area (Å²) in [5.74, 6) is 1.02. The van der Waals surface area contributed by atoms with Gasteiger partial charge in [0.25, 0.3) is 0 Å². The van der Waals surface area contributed by atoms with E-state index in [1.165, 1.54) is 5.56 Å². The van der Waals surface area contributed by atoms with Gasteiger partial charge in [-0.1, -0.05) is 58.0 Å². The molecule has 120 valence electrons. The highest BCUT2D eigenvalue weighted by Gasteiger charge is 2.22. The van der Waals surface area contributed by atoms with Gasteiger partial charge in [0.1, 0.15) is 5.03 Å². The van der Waals surface area contributed by atoms with Crippen molar-refractivity contribution in [1.29, 1.82) is 0 Å². The molecule has 3 aromatic rings. The first-order valence-electron chi connectivity index (χ1n) is 8.01. The Labute approximate surface area is 142 Å².